The molecule has 0 amide bonds. The summed E-state index contributed by atoms with van der Waals surface area (Å²) in [5.41, 5.74) is 3.16. The quantitative estimate of drug-likeness (QED) is 0.129. The number of rotatable bonds is 5. The predicted octanol–water partition coefficient (Wildman–Crippen LogP) is 10.0. The zero-order chi connectivity index (χ0) is 24.9. The van der Waals surface area contributed by atoms with Gasteiger partial charge >= 0.3 is 0 Å². The molecule has 2 unspecified atom stereocenters. The molecule has 0 spiro atoms. The standard InChI is InChI=1S/C24H32.2C5H5.2Fe/c1-23(2,3)17-15-21(19-11-7-8-12-19)22(16-18-24(4,5)6)20-13-9-10-14-20;2*1-2-4-5-3-1;;/h7-18,21-22H,1-6H3;2*1-5H;;/q-2;2*-1;;. The maximum Gasteiger partial charge on any atom is 0 e. The molecular weight excluding hydrogens is 520 g/mol. The normalized spacial score (nSPS) is 12.9. The van der Waals surface area contributed by atoms with Crippen molar-refractivity contribution in [2.45, 2.75) is 53.4 Å². The molecular formula is C34H42Fe2-4. The Labute approximate surface area is 241 Å². The summed E-state index contributed by atoms with van der Waals surface area (Å²) < 4.78 is 0. The van der Waals surface area contributed by atoms with Crippen LogP contribution in [-0.4, -0.2) is 0 Å². The molecule has 0 aromatic heterocycles. The summed E-state index contributed by atoms with van der Waals surface area (Å²) in [5.74, 6) is 0.723. The van der Waals surface area contributed by atoms with Crippen LogP contribution in [0.25, 0.3) is 0 Å². The maximum absolute atomic E-state index is 2.40. The second kappa shape index (κ2) is 17.4. The summed E-state index contributed by atoms with van der Waals surface area (Å²) in [7, 11) is 0. The SMILES string of the molecule is CC(C)(C)C=CC([c-]1cccc1)C(C=CC(C)(C)C)[c-]1cccc1.[Fe].[Fe].c1cc[cH-]c1.c1cc[cH-]c1. The summed E-state index contributed by atoms with van der Waals surface area (Å²) >= 11 is 0. The van der Waals surface area contributed by atoms with Gasteiger partial charge in [-0.2, -0.15) is 71.8 Å². The van der Waals surface area contributed by atoms with Crippen molar-refractivity contribution < 1.29 is 34.1 Å². The Morgan fingerprint density at radius 3 is 0.972 bits per heavy atom. The van der Waals surface area contributed by atoms with Gasteiger partial charge in [-0.3, -0.25) is 0 Å². The van der Waals surface area contributed by atoms with Gasteiger partial charge in [-0.05, 0) is 22.7 Å². The van der Waals surface area contributed by atoms with Gasteiger partial charge in [-0.25, -0.2) is 48.5 Å². The van der Waals surface area contributed by atoms with E-state index >= 15 is 0 Å². The van der Waals surface area contributed by atoms with Gasteiger partial charge in [0, 0.05) is 34.1 Å². The van der Waals surface area contributed by atoms with Crippen LogP contribution in [0.4, 0.5) is 0 Å². The number of hydrogen-bond donors (Lipinski definition) is 0. The maximum atomic E-state index is 2.40. The van der Waals surface area contributed by atoms with Gasteiger partial charge in [0.15, 0.2) is 0 Å². The minimum atomic E-state index is 0. The van der Waals surface area contributed by atoms with E-state index in [2.05, 4.69) is 114 Å². The van der Waals surface area contributed by atoms with Crippen molar-refractivity contribution in [2.24, 2.45) is 10.8 Å². The van der Waals surface area contributed by atoms with Gasteiger partial charge in [-0.1, -0.05) is 65.8 Å². The Balaban J connectivity index is 0.000000842. The zero-order valence-corrected chi connectivity index (χ0v) is 24.8. The summed E-state index contributed by atoms with van der Waals surface area (Å²) in [6.07, 6.45) is 9.51. The average molecular weight is 562 g/mol. The summed E-state index contributed by atoms with van der Waals surface area (Å²) in [5, 5.41) is 0. The van der Waals surface area contributed by atoms with E-state index in [9.17, 15) is 0 Å². The Morgan fingerprint density at radius 1 is 0.500 bits per heavy atom. The average Bonchev–Trinajstić information content (AvgIpc) is 3.60. The van der Waals surface area contributed by atoms with Crippen molar-refractivity contribution in [3.05, 3.63) is 145 Å². The van der Waals surface area contributed by atoms with Crippen LogP contribution < -0.4 is 0 Å². The molecule has 0 heterocycles. The van der Waals surface area contributed by atoms with Gasteiger partial charge in [-0.15, -0.1) is 0 Å². The van der Waals surface area contributed by atoms with Crippen molar-refractivity contribution >= 4 is 0 Å². The van der Waals surface area contributed by atoms with Crippen molar-refractivity contribution in [2.75, 3.05) is 0 Å². The summed E-state index contributed by atoms with van der Waals surface area (Å²) in [6, 6.07) is 37.6. The molecule has 0 bridgehead atoms. The van der Waals surface area contributed by atoms with Crippen molar-refractivity contribution in [3.8, 4) is 0 Å². The van der Waals surface area contributed by atoms with E-state index in [1.54, 1.807) is 0 Å². The van der Waals surface area contributed by atoms with E-state index in [4.69, 9.17) is 0 Å². The van der Waals surface area contributed by atoms with Crippen LogP contribution in [0.3, 0.4) is 0 Å². The topological polar surface area (TPSA) is 0 Å². The minimum absolute atomic E-state index is 0. The molecule has 2 heteroatoms. The van der Waals surface area contributed by atoms with Crippen molar-refractivity contribution in [1.29, 1.82) is 0 Å². The van der Waals surface area contributed by atoms with Gasteiger partial charge < -0.3 is 0 Å². The fourth-order valence-corrected chi connectivity index (χ4v) is 3.52. The van der Waals surface area contributed by atoms with E-state index in [0.717, 1.165) is 0 Å². The molecule has 0 saturated carbocycles. The second-order valence-corrected chi connectivity index (χ2v) is 10.9. The molecule has 2 atom stereocenters. The van der Waals surface area contributed by atoms with E-state index in [1.807, 2.05) is 60.7 Å². The molecule has 4 rings (SSSR count). The van der Waals surface area contributed by atoms with Gasteiger partial charge in [0.2, 0.25) is 0 Å². The van der Waals surface area contributed by atoms with Crippen LogP contribution >= 0.6 is 0 Å². The molecule has 36 heavy (non-hydrogen) atoms. The Kier molecular flexibility index (Phi) is 16.4. The first-order valence-electron chi connectivity index (χ1n) is 12.3. The van der Waals surface area contributed by atoms with Crippen molar-refractivity contribution in [1.82, 2.24) is 0 Å². The van der Waals surface area contributed by atoms with Crippen LogP contribution in [0.5, 0.6) is 0 Å². The Morgan fingerprint density at radius 2 is 0.778 bits per heavy atom. The molecule has 0 aliphatic rings. The monoisotopic (exact) mass is 562 g/mol. The fourth-order valence-electron chi connectivity index (χ4n) is 3.52. The summed E-state index contributed by atoms with van der Waals surface area (Å²) in [6.45, 7) is 13.5. The second-order valence-electron chi connectivity index (χ2n) is 10.9. The van der Waals surface area contributed by atoms with Crippen LogP contribution in [-0.2, 0) is 34.1 Å². The summed E-state index contributed by atoms with van der Waals surface area (Å²) in [4.78, 5) is 0. The Bertz CT molecular complexity index is 877. The molecule has 4 aromatic rings. The zero-order valence-electron chi connectivity index (χ0n) is 22.6. The van der Waals surface area contributed by atoms with Crippen LogP contribution in [0.2, 0.25) is 0 Å². The van der Waals surface area contributed by atoms with E-state index in [0.29, 0.717) is 11.8 Å². The molecule has 0 radical (unpaired) electrons. The van der Waals surface area contributed by atoms with Crippen LogP contribution in [0.15, 0.2) is 133 Å². The molecule has 0 aliphatic carbocycles. The Hall–Kier alpha value is -2.08. The third-order valence-electron chi connectivity index (χ3n) is 5.25. The smallest absolute Gasteiger partial charge is 0 e. The van der Waals surface area contributed by atoms with Gasteiger partial charge in [0.25, 0.3) is 0 Å². The third-order valence-corrected chi connectivity index (χ3v) is 5.25. The first-order chi connectivity index (χ1) is 16.2. The molecule has 0 fully saturated rings. The molecule has 0 saturated heterocycles. The first-order valence-corrected chi connectivity index (χ1v) is 12.3. The van der Waals surface area contributed by atoms with Gasteiger partial charge in [0.05, 0.1) is 0 Å². The largest absolute Gasteiger partial charge is 0.214 e. The van der Waals surface area contributed by atoms with Crippen LogP contribution in [0.1, 0.15) is 64.5 Å². The minimum Gasteiger partial charge on any atom is -0.214 e. The number of allylic oxidation sites excluding steroid dienone is 4. The predicted molar refractivity (Wildman–Crippen MR) is 151 cm³/mol. The molecule has 0 aliphatic heterocycles. The van der Waals surface area contributed by atoms with E-state index in [1.165, 1.54) is 11.1 Å². The van der Waals surface area contributed by atoms with E-state index < -0.39 is 0 Å². The first kappa shape index (κ1) is 33.9. The molecule has 198 valence electrons. The molecule has 0 nitrogen and oxygen atoms in total. The van der Waals surface area contributed by atoms with Gasteiger partial charge in [0.1, 0.15) is 0 Å². The third kappa shape index (κ3) is 14.5. The number of hydrogen-bond acceptors (Lipinski definition) is 0. The molecule has 4 aromatic carbocycles. The van der Waals surface area contributed by atoms with Crippen LogP contribution in [0, 0.1) is 10.8 Å². The van der Waals surface area contributed by atoms with E-state index in [-0.39, 0.29) is 45.0 Å². The fraction of sp³-hybridized carbons (Fsp3) is 0.294. The molecule has 0 N–H and O–H groups in total. The van der Waals surface area contributed by atoms with Crippen molar-refractivity contribution in [3.63, 3.8) is 0 Å².